The Morgan fingerprint density at radius 3 is 2.14 bits per heavy atom. The molecule has 0 atom stereocenters. The molecule has 6 heteroatoms. The van der Waals surface area contributed by atoms with Gasteiger partial charge in [0.15, 0.2) is 11.3 Å². The van der Waals surface area contributed by atoms with Gasteiger partial charge in [0, 0.05) is 11.6 Å². The summed E-state index contributed by atoms with van der Waals surface area (Å²) in [4.78, 5) is 14.4. The van der Waals surface area contributed by atoms with Crippen LogP contribution in [-0.4, -0.2) is 33.7 Å². The first-order valence-electron chi connectivity index (χ1n) is 9.21. The van der Waals surface area contributed by atoms with Crippen LogP contribution in [0, 0.1) is 0 Å². The minimum absolute atomic E-state index is 0.595. The first-order valence-corrected chi connectivity index (χ1v) is 9.21. The van der Waals surface area contributed by atoms with Crippen LogP contribution in [0.3, 0.4) is 0 Å². The topological polar surface area (TPSA) is 62.1 Å². The summed E-state index contributed by atoms with van der Waals surface area (Å²) in [6.07, 6.45) is 0. The van der Waals surface area contributed by atoms with E-state index < -0.39 is 0 Å². The quantitative estimate of drug-likeness (QED) is 0.453. The molecule has 6 nitrogen and oxygen atoms in total. The molecule has 0 fully saturated rings. The molecule has 0 amide bonds. The summed E-state index contributed by atoms with van der Waals surface area (Å²) in [6, 6.07) is 23.4. The number of hydrogen-bond donors (Lipinski definition) is 0. The molecule has 5 aromatic rings. The molecule has 142 valence electrons. The first kappa shape index (κ1) is 17.2. The molecule has 0 spiro atoms. The van der Waals surface area contributed by atoms with E-state index in [0.717, 1.165) is 39.6 Å². The minimum Gasteiger partial charge on any atom is -0.497 e. The normalized spacial score (nSPS) is 11.1. The van der Waals surface area contributed by atoms with Gasteiger partial charge in [-0.25, -0.2) is 15.0 Å². The van der Waals surface area contributed by atoms with Gasteiger partial charge in [-0.15, -0.1) is 0 Å². The van der Waals surface area contributed by atoms with E-state index in [0.29, 0.717) is 11.3 Å². The van der Waals surface area contributed by atoms with Crippen LogP contribution in [0.25, 0.3) is 39.4 Å². The van der Waals surface area contributed by atoms with Gasteiger partial charge in [-0.05, 0) is 48.5 Å². The van der Waals surface area contributed by atoms with Gasteiger partial charge in [0.2, 0.25) is 0 Å². The van der Waals surface area contributed by atoms with Crippen LogP contribution in [0.15, 0.2) is 72.8 Å². The number of rotatable bonds is 4. The first-order chi connectivity index (χ1) is 14.3. The van der Waals surface area contributed by atoms with Crippen molar-refractivity contribution in [2.45, 2.75) is 0 Å². The van der Waals surface area contributed by atoms with E-state index >= 15 is 0 Å². The maximum Gasteiger partial charge on any atom is 0.199 e. The largest absolute Gasteiger partial charge is 0.497 e. The Bertz CT molecular complexity index is 1330. The Morgan fingerprint density at radius 1 is 0.690 bits per heavy atom. The van der Waals surface area contributed by atoms with Crippen molar-refractivity contribution in [1.29, 1.82) is 0 Å². The lowest BCUT2D eigenvalue weighted by Gasteiger charge is -2.11. The molecule has 0 aliphatic carbocycles. The smallest absolute Gasteiger partial charge is 0.199 e. The SMILES string of the molecule is COc1ccc(-c2nc3nc4ccccc4nc3n2-c2cccc(OC)c2)cc1. The number of nitrogens with zero attached hydrogens (tertiary/aromatic N) is 4. The number of aromatic nitrogens is 4. The summed E-state index contributed by atoms with van der Waals surface area (Å²) in [6.45, 7) is 0. The zero-order chi connectivity index (χ0) is 19.8. The molecule has 2 aromatic heterocycles. The highest BCUT2D eigenvalue weighted by Crippen LogP contribution is 2.30. The number of methoxy groups -OCH3 is 2. The highest BCUT2D eigenvalue weighted by atomic mass is 16.5. The number of ether oxygens (including phenoxy) is 2. The van der Waals surface area contributed by atoms with Crippen LogP contribution < -0.4 is 9.47 Å². The second-order valence-electron chi connectivity index (χ2n) is 6.56. The van der Waals surface area contributed by atoms with Crippen LogP contribution >= 0.6 is 0 Å². The highest BCUT2D eigenvalue weighted by Gasteiger charge is 2.18. The van der Waals surface area contributed by atoms with Gasteiger partial charge in [0.1, 0.15) is 17.3 Å². The van der Waals surface area contributed by atoms with Crippen molar-refractivity contribution >= 4 is 22.3 Å². The molecule has 0 bridgehead atoms. The number of fused-ring (bicyclic) bond motifs is 2. The van der Waals surface area contributed by atoms with Crippen LogP contribution in [0.5, 0.6) is 11.5 Å². The third-order valence-electron chi connectivity index (χ3n) is 4.83. The molecule has 0 saturated heterocycles. The maximum absolute atomic E-state index is 5.42. The lowest BCUT2D eigenvalue weighted by molar-refractivity contribution is 0.414. The van der Waals surface area contributed by atoms with Gasteiger partial charge in [-0.1, -0.05) is 18.2 Å². The molecular weight excluding hydrogens is 364 g/mol. The van der Waals surface area contributed by atoms with Crippen LogP contribution in [0.4, 0.5) is 0 Å². The Kier molecular flexibility index (Phi) is 4.09. The summed E-state index contributed by atoms with van der Waals surface area (Å²) in [7, 11) is 3.31. The van der Waals surface area contributed by atoms with Gasteiger partial charge in [0.25, 0.3) is 0 Å². The Morgan fingerprint density at radius 2 is 1.41 bits per heavy atom. The van der Waals surface area contributed by atoms with Crippen molar-refractivity contribution in [2.75, 3.05) is 14.2 Å². The van der Waals surface area contributed by atoms with Crippen molar-refractivity contribution in [1.82, 2.24) is 19.5 Å². The molecule has 0 radical (unpaired) electrons. The van der Waals surface area contributed by atoms with Gasteiger partial charge in [-0.3, -0.25) is 4.57 Å². The number of hydrogen-bond acceptors (Lipinski definition) is 5. The zero-order valence-corrected chi connectivity index (χ0v) is 16.0. The van der Waals surface area contributed by atoms with Crippen molar-refractivity contribution < 1.29 is 9.47 Å². The fraction of sp³-hybridized carbons (Fsp3) is 0.0870. The predicted octanol–water partition coefficient (Wildman–Crippen LogP) is 4.65. The number of imidazole rings is 1. The standard InChI is InChI=1S/C23H18N4O2/c1-28-17-12-10-15(11-13-17)22-26-21-23(25-20-9-4-3-8-19(20)24-21)27(22)16-6-5-7-18(14-16)29-2/h3-14H,1-2H3. The maximum atomic E-state index is 5.42. The van der Waals surface area contributed by atoms with E-state index in [2.05, 4.69) is 0 Å². The molecule has 0 saturated carbocycles. The Balaban J connectivity index is 1.83. The predicted molar refractivity (Wildman–Crippen MR) is 113 cm³/mol. The zero-order valence-electron chi connectivity index (χ0n) is 16.0. The number of benzene rings is 3. The molecule has 5 rings (SSSR count). The minimum atomic E-state index is 0.595. The van der Waals surface area contributed by atoms with E-state index in [9.17, 15) is 0 Å². The average molecular weight is 382 g/mol. The van der Waals surface area contributed by atoms with E-state index in [-0.39, 0.29) is 0 Å². The van der Waals surface area contributed by atoms with E-state index in [1.54, 1.807) is 14.2 Å². The third-order valence-corrected chi connectivity index (χ3v) is 4.83. The van der Waals surface area contributed by atoms with Gasteiger partial charge >= 0.3 is 0 Å². The summed E-state index contributed by atoms with van der Waals surface area (Å²) < 4.78 is 12.7. The molecule has 0 N–H and O–H groups in total. The summed E-state index contributed by atoms with van der Waals surface area (Å²) in [5, 5.41) is 0. The fourth-order valence-electron chi connectivity index (χ4n) is 3.38. The monoisotopic (exact) mass is 382 g/mol. The van der Waals surface area contributed by atoms with Crippen LogP contribution in [0.1, 0.15) is 0 Å². The summed E-state index contributed by atoms with van der Waals surface area (Å²) in [5.41, 5.74) is 4.78. The molecule has 3 aromatic carbocycles. The molecule has 0 aliphatic heterocycles. The van der Waals surface area contributed by atoms with Gasteiger partial charge in [0.05, 0.1) is 30.9 Å². The van der Waals surface area contributed by atoms with E-state index in [4.69, 9.17) is 24.4 Å². The molecule has 29 heavy (non-hydrogen) atoms. The average Bonchev–Trinajstić information content (AvgIpc) is 3.15. The van der Waals surface area contributed by atoms with Crippen LogP contribution in [0.2, 0.25) is 0 Å². The third kappa shape index (κ3) is 2.95. The molecular formula is C23H18N4O2. The second-order valence-corrected chi connectivity index (χ2v) is 6.56. The van der Waals surface area contributed by atoms with Crippen molar-refractivity contribution in [3.8, 4) is 28.6 Å². The van der Waals surface area contributed by atoms with Crippen molar-refractivity contribution in [3.05, 3.63) is 72.8 Å². The fourth-order valence-corrected chi connectivity index (χ4v) is 3.38. The van der Waals surface area contributed by atoms with Gasteiger partial charge in [-0.2, -0.15) is 0 Å². The number of para-hydroxylation sites is 2. The molecule has 0 unspecified atom stereocenters. The van der Waals surface area contributed by atoms with Crippen molar-refractivity contribution in [2.24, 2.45) is 0 Å². The van der Waals surface area contributed by atoms with Gasteiger partial charge < -0.3 is 9.47 Å². The van der Waals surface area contributed by atoms with E-state index in [1.807, 2.05) is 77.4 Å². The Labute approximate surface area is 167 Å². The summed E-state index contributed by atoms with van der Waals surface area (Å²) >= 11 is 0. The molecule has 2 heterocycles. The lowest BCUT2D eigenvalue weighted by Crippen LogP contribution is -2.00. The summed E-state index contributed by atoms with van der Waals surface area (Å²) in [5.74, 6) is 2.31. The second kappa shape index (κ2) is 6.91. The molecule has 0 aliphatic rings. The lowest BCUT2D eigenvalue weighted by atomic mass is 10.2. The van der Waals surface area contributed by atoms with Crippen LogP contribution in [-0.2, 0) is 0 Å². The van der Waals surface area contributed by atoms with Crippen molar-refractivity contribution in [3.63, 3.8) is 0 Å². The van der Waals surface area contributed by atoms with E-state index in [1.165, 1.54) is 0 Å². The highest BCUT2D eigenvalue weighted by molar-refractivity contribution is 5.86. The Hall–Kier alpha value is -3.93.